The van der Waals surface area contributed by atoms with Gasteiger partial charge in [-0.3, -0.25) is 9.80 Å². The standard InChI is InChI=1S/C25H32N2O2/c1-2-3-5-14-22-19-27(25(28)23-15-8-9-16-24(23)29-22)26-17-10-13-21(18-26)20-11-6-4-7-12-20/h4,6-9,11-12,15-16,21-22H,2-3,5,10,13-14,17-19H2,1H3. The van der Waals surface area contributed by atoms with E-state index in [1.807, 2.05) is 29.3 Å². The predicted molar refractivity (Wildman–Crippen MR) is 116 cm³/mol. The molecule has 4 rings (SSSR count). The third-order valence-corrected chi connectivity index (χ3v) is 6.16. The predicted octanol–water partition coefficient (Wildman–Crippen LogP) is 5.26. The number of hydrogen-bond acceptors (Lipinski definition) is 3. The summed E-state index contributed by atoms with van der Waals surface area (Å²) in [5, 5.41) is 4.26. The molecule has 0 saturated carbocycles. The molecule has 0 N–H and O–H groups in total. The number of amides is 1. The van der Waals surface area contributed by atoms with Crippen LogP contribution in [0.1, 0.15) is 67.3 Å². The highest BCUT2D eigenvalue weighted by Crippen LogP contribution is 2.31. The van der Waals surface area contributed by atoms with Gasteiger partial charge in [0.2, 0.25) is 0 Å². The van der Waals surface area contributed by atoms with E-state index in [4.69, 9.17) is 4.74 Å². The molecule has 0 bridgehead atoms. The number of rotatable bonds is 6. The van der Waals surface area contributed by atoms with Crippen LogP contribution < -0.4 is 4.74 Å². The second-order valence-electron chi connectivity index (χ2n) is 8.28. The average molecular weight is 393 g/mol. The van der Waals surface area contributed by atoms with Crippen molar-refractivity contribution in [3.8, 4) is 5.75 Å². The topological polar surface area (TPSA) is 32.8 Å². The maximum atomic E-state index is 13.5. The van der Waals surface area contributed by atoms with Gasteiger partial charge in [-0.15, -0.1) is 0 Å². The highest BCUT2D eigenvalue weighted by molar-refractivity contribution is 5.97. The van der Waals surface area contributed by atoms with Crippen LogP contribution in [0.15, 0.2) is 54.6 Å². The van der Waals surface area contributed by atoms with Crippen molar-refractivity contribution in [2.75, 3.05) is 19.6 Å². The van der Waals surface area contributed by atoms with E-state index in [0.717, 1.165) is 38.1 Å². The SMILES string of the molecule is CCCCCC1CN(N2CCCC(c3ccccc3)C2)C(=O)c2ccccc2O1. The van der Waals surface area contributed by atoms with E-state index in [-0.39, 0.29) is 12.0 Å². The zero-order chi connectivity index (χ0) is 20.1. The van der Waals surface area contributed by atoms with E-state index in [0.29, 0.717) is 18.0 Å². The molecule has 2 unspecified atom stereocenters. The van der Waals surface area contributed by atoms with E-state index in [1.165, 1.54) is 24.8 Å². The van der Waals surface area contributed by atoms with Crippen molar-refractivity contribution in [2.24, 2.45) is 0 Å². The maximum Gasteiger partial charge on any atom is 0.272 e. The molecule has 2 heterocycles. The summed E-state index contributed by atoms with van der Waals surface area (Å²) >= 11 is 0. The quantitative estimate of drug-likeness (QED) is 0.628. The fourth-order valence-electron chi connectivity index (χ4n) is 4.57. The Bertz CT molecular complexity index is 807. The zero-order valence-corrected chi connectivity index (χ0v) is 17.4. The first-order chi connectivity index (χ1) is 14.3. The van der Waals surface area contributed by atoms with E-state index in [1.54, 1.807) is 0 Å². The first-order valence-corrected chi connectivity index (χ1v) is 11.1. The van der Waals surface area contributed by atoms with Crippen LogP contribution in [0.5, 0.6) is 5.75 Å². The van der Waals surface area contributed by atoms with Crippen LogP contribution in [0.4, 0.5) is 0 Å². The first-order valence-electron chi connectivity index (χ1n) is 11.1. The summed E-state index contributed by atoms with van der Waals surface area (Å²) in [6.45, 7) is 4.67. The second kappa shape index (κ2) is 9.45. The number of para-hydroxylation sites is 1. The molecule has 2 aromatic rings. The highest BCUT2D eigenvalue weighted by Gasteiger charge is 2.34. The normalized spacial score (nSPS) is 22.7. The van der Waals surface area contributed by atoms with Crippen molar-refractivity contribution in [1.29, 1.82) is 0 Å². The van der Waals surface area contributed by atoms with Crippen molar-refractivity contribution in [3.05, 3.63) is 65.7 Å². The molecule has 1 saturated heterocycles. The van der Waals surface area contributed by atoms with Gasteiger partial charge in [-0.05, 0) is 49.3 Å². The van der Waals surface area contributed by atoms with E-state index < -0.39 is 0 Å². The number of carbonyl (C=O) groups excluding carboxylic acids is 1. The molecule has 0 spiro atoms. The van der Waals surface area contributed by atoms with Gasteiger partial charge in [-0.25, -0.2) is 5.01 Å². The number of ether oxygens (including phenoxy) is 1. The molecule has 0 aliphatic carbocycles. The smallest absolute Gasteiger partial charge is 0.272 e. The van der Waals surface area contributed by atoms with Crippen LogP contribution in [-0.2, 0) is 0 Å². The fourth-order valence-corrected chi connectivity index (χ4v) is 4.57. The number of carbonyl (C=O) groups is 1. The Hall–Kier alpha value is -2.33. The summed E-state index contributed by atoms with van der Waals surface area (Å²) in [5.74, 6) is 1.28. The molecule has 0 radical (unpaired) electrons. The third-order valence-electron chi connectivity index (χ3n) is 6.16. The molecule has 0 aromatic heterocycles. The van der Waals surface area contributed by atoms with Crippen LogP contribution in [0.3, 0.4) is 0 Å². The lowest BCUT2D eigenvalue weighted by molar-refractivity contribution is -0.0397. The molecule has 4 nitrogen and oxygen atoms in total. The lowest BCUT2D eigenvalue weighted by Gasteiger charge is -2.40. The van der Waals surface area contributed by atoms with Crippen LogP contribution >= 0.6 is 0 Å². The number of nitrogens with zero attached hydrogens (tertiary/aromatic N) is 2. The molecular formula is C25H32N2O2. The summed E-state index contributed by atoms with van der Waals surface area (Å²) in [6.07, 6.45) is 6.85. The zero-order valence-electron chi connectivity index (χ0n) is 17.4. The number of fused-ring (bicyclic) bond motifs is 1. The Morgan fingerprint density at radius 3 is 2.62 bits per heavy atom. The second-order valence-corrected chi connectivity index (χ2v) is 8.28. The molecule has 1 amide bonds. The Labute approximate surface area is 174 Å². The van der Waals surface area contributed by atoms with Gasteiger partial charge in [0.15, 0.2) is 0 Å². The van der Waals surface area contributed by atoms with Crippen molar-refractivity contribution >= 4 is 5.91 Å². The fraction of sp³-hybridized carbons (Fsp3) is 0.480. The van der Waals surface area contributed by atoms with Crippen LogP contribution in [0.25, 0.3) is 0 Å². The van der Waals surface area contributed by atoms with Gasteiger partial charge in [-0.1, -0.05) is 62.2 Å². The molecule has 2 atom stereocenters. The molecule has 1 fully saturated rings. The summed E-state index contributed by atoms with van der Waals surface area (Å²) in [4.78, 5) is 13.5. The van der Waals surface area contributed by atoms with Crippen molar-refractivity contribution < 1.29 is 9.53 Å². The van der Waals surface area contributed by atoms with Crippen molar-refractivity contribution in [1.82, 2.24) is 10.0 Å². The number of hydrogen-bond donors (Lipinski definition) is 0. The molecule has 4 heteroatoms. The molecule has 154 valence electrons. The van der Waals surface area contributed by atoms with Crippen molar-refractivity contribution in [2.45, 2.75) is 57.5 Å². The lowest BCUT2D eigenvalue weighted by Crippen LogP contribution is -2.52. The minimum Gasteiger partial charge on any atom is -0.488 e. The number of benzene rings is 2. The first kappa shape index (κ1) is 20.0. The Balaban J connectivity index is 1.56. The van der Waals surface area contributed by atoms with Gasteiger partial charge in [0.05, 0.1) is 12.1 Å². The lowest BCUT2D eigenvalue weighted by atomic mass is 9.91. The molecular weight excluding hydrogens is 360 g/mol. The van der Waals surface area contributed by atoms with Gasteiger partial charge < -0.3 is 4.74 Å². The molecule has 2 aliphatic heterocycles. The Morgan fingerprint density at radius 2 is 1.79 bits per heavy atom. The van der Waals surface area contributed by atoms with Crippen LogP contribution in [0.2, 0.25) is 0 Å². The molecule has 2 aliphatic rings. The van der Waals surface area contributed by atoms with Gasteiger partial charge in [0.25, 0.3) is 5.91 Å². The van der Waals surface area contributed by atoms with Gasteiger partial charge in [0.1, 0.15) is 11.9 Å². The number of hydrazine groups is 1. The van der Waals surface area contributed by atoms with Gasteiger partial charge in [-0.2, -0.15) is 0 Å². The van der Waals surface area contributed by atoms with Gasteiger partial charge >= 0.3 is 0 Å². The average Bonchev–Trinajstić information content (AvgIpc) is 2.91. The van der Waals surface area contributed by atoms with Crippen LogP contribution in [0, 0.1) is 0 Å². The molecule has 2 aromatic carbocycles. The monoisotopic (exact) mass is 392 g/mol. The van der Waals surface area contributed by atoms with E-state index >= 15 is 0 Å². The van der Waals surface area contributed by atoms with Crippen molar-refractivity contribution in [3.63, 3.8) is 0 Å². The highest BCUT2D eigenvalue weighted by atomic mass is 16.5. The largest absolute Gasteiger partial charge is 0.488 e. The summed E-state index contributed by atoms with van der Waals surface area (Å²) in [5.41, 5.74) is 2.06. The van der Waals surface area contributed by atoms with Crippen LogP contribution in [-0.4, -0.2) is 41.7 Å². The third kappa shape index (κ3) is 4.64. The minimum atomic E-state index is 0.0475. The maximum absolute atomic E-state index is 13.5. The molecule has 29 heavy (non-hydrogen) atoms. The van der Waals surface area contributed by atoms with Gasteiger partial charge in [0, 0.05) is 13.1 Å². The summed E-state index contributed by atoms with van der Waals surface area (Å²) in [7, 11) is 0. The van der Waals surface area contributed by atoms with E-state index in [2.05, 4.69) is 42.3 Å². The summed E-state index contributed by atoms with van der Waals surface area (Å²) < 4.78 is 6.32. The minimum absolute atomic E-state index is 0.0475. The Morgan fingerprint density at radius 1 is 1.00 bits per heavy atom. The number of piperidine rings is 1. The van der Waals surface area contributed by atoms with E-state index in [9.17, 15) is 4.79 Å². The Kier molecular flexibility index (Phi) is 6.50. The summed E-state index contributed by atoms with van der Waals surface area (Å²) in [6, 6.07) is 18.4. The number of unbranched alkanes of at least 4 members (excludes halogenated alkanes) is 2.